The highest BCUT2D eigenvalue weighted by atomic mass is 79.9. The Morgan fingerprint density at radius 3 is 2.72 bits per heavy atom. The number of carbonyl (C=O) groups is 1. The maximum absolute atomic E-state index is 11.9. The lowest BCUT2D eigenvalue weighted by Crippen LogP contribution is -2.15. The summed E-state index contributed by atoms with van der Waals surface area (Å²) >= 11 is 9.07. The van der Waals surface area contributed by atoms with E-state index in [2.05, 4.69) is 31.4 Å². The average molecular weight is 329 g/mol. The smallest absolute Gasteiger partial charge is 0.264 e. The first-order chi connectivity index (χ1) is 8.56. The summed E-state index contributed by atoms with van der Waals surface area (Å²) in [6, 6.07) is 7.50. The molecule has 1 amide bonds. The Labute approximate surface area is 115 Å². The summed E-state index contributed by atoms with van der Waals surface area (Å²) in [5.74, 6) is -0.0717. The Morgan fingerprint density at radius 1 is 1.33 bits per heavy atom. The zero-order valence-corrected chi connectivity index (χ0v) is 11.2. The number of halogens is 2. The minimum atomic E-state index is -0.341. The highest BCUT2D eigenvalue weighted by molar-refractivity contribution is 9.10. The fourth-order valence-corrected chi connectivity index (χ4v) is 1.74. The van der Waals surface area contributed by atoms with Gasteiger partial charge in [-0.25, -0.2) is 5.10 Å². The van der Waals surface area contributed by atoms with Crippen molar-refractivity contribution < 1.29 is 4.79 Å². The van der Waals surface area contributed by atoms with Crippen LogP contribution in [0.5, 0.6) is 0 Å². The molecule has 92 valence electrons. The molecule has 0 spiro atoms. The van der Waals surface area contributed by atoms with E-state index in [1.54, 1.807) is 18.2 Å². The van der Waals surface area contributed by atoms with Crippen LogP contribution in [0, 0.1) is 0 Å². The third-order valence-corrected chi connectivity index (χ3v) is 3.32. The number of benzene rings is 1. The minimum Gasteiger partial charge on any atom is -0.305 e. The molecule has 2 N–H and O–H groups in total. The zero-order chi connectivity index (χ0) is 13.1. The van der Waals surface area contributed by atoms with Crippen LogP contribution in [0.3, 0.4) is 0 Å². The van der Waals surface area contributed by atoms with E-state index in [9.17, 15) is 9.59 Å². The average Bonchev–Trinajstić information content (AvgIpc) is 2.35. The standard InChI is InChI=1S/C11H7BrClN3O2/c12-7-5-6(1-2-8(7)13)11(18)14-9-3-4-10(17)16-15-9/h1-5H,(H,16,17)(H,14,15,18). The molecule has 0 saturated carbocycles. The molecule has 0 atom stereocenters. The number of anilines is 1. The number of H-pyrrole nitrogens is 1. The van der Waals surface area contributed by atoms with Gasteiger partial charge in [0.25, 0.3) is 11.5 Å². The Bertz CT molecular complexity index is 636. The lowest BCUT2D eigenvalue weighted by molar-refractivity contribution is 0.102. The van der Waals surface area contributed by atoms with E-state index >= 15 is 0 Å². The van der Waals surface area contributed by atoms with Gasteiger partial charge in [0.2, 0.25) is 0 Å². The molecule has 2 rings (SSSR count). The molecule has 0 fully saturated rings. The van der Waals surface area contributed by atoms with Crippen molar-refractivity contribution in [2.75, 3.05) is 5.32 Å². The predicted molar refractivity (Wildman–Crippen MR) is 72.0 cm³/mol. The van der Waals surface area contributed by atoms with E-state index in [1.807, 2.05) is 0 Å². The van der Waals surface area contributed by atoms with Gasteiger partial charge in [0.1, 0.15) is 0 Å². The lowest BCUT2D eigenvalue weighted by atomic mass is 10.2. The molecule has 0 radical (unpaired) electrons. The Balaban J connectivity index is 2.19. The number of nitrogens with one attached hydrogen (secondary N) is 2. The van der Waals surface area contributed by atoms with E-state index < -0.39 is 0 Å². The second kappa shape index (κ2) is 5.32. The number of carbonyl (C=O) groups excluding carboxylic acids is 1. The van der Waals surface area contributed by atoms with Crippen molar-refractivity contribution in [3.8, 4) is 0 Å². The fraction of sp³-hybridized carbons (Fsp3) is 0. The lowest BCUT2D eigenvalue weighted by Gasteiger charge is -2.04. The predicted octanol–water partition coefficient (Wildman–Crippen LogP) is 2.44. The van der Waals surface area contributed by atoms with Crippen LogP contribution in [0.2, 0.25) is 5.02 Å². The fourth-order valence-electron chi connectivity index (χ4n) is 1.24. The second-order valence-electron chi connectivity index (χ2n) is 3.39. The molecule has 2 aromatic rings. The number of hydrogen-bond acceptors (Lipinski definition) is 3. The number of aromatic nitrogens is 2. The molecular formula is C11H7BrClN3O2. The molecule has 1 heterocycles. The summed E-state index contributed by atoms with van der Waals surface area (Å²) in [7, 11) is 0. The van der Waals surface area contributed by atoms with Crippen LogP contribution in [0.4, 0.5) is 5.82 Å². The normalized spacial score (nSPS) is 10.1. The summed E-state index contributed by atoms with van der Waals surface area (Å²) in [4.78, 5) is 22.7. The van der Waals surface area contributed by atoms with Gasteiger partial charge >= 0.3 is 0 Å². The van der Waals surface area contributed by atoms with Crippen molar-refractivity contribution in [1.29, 1.82) is 0 Å². The summed E-state index contributed by atoms with van der Waals surface area (Å²) in [5.41, 5.74) is 0.0986. The van der Waals surface area contributed by atoms with E-state index in [0.29, 0.717) is 15.1 Å². The maximum atomic E-state index is 11.9. The third kappa shape index (κ3) is 2.96. The Hall–Kier alpha value is -1.66. The summed E-state index contributed by atoms with van der Waals surface area (Å²) < 4.78 is 0.631. The molecule has 5 nitrogen and oxygen atoms in total. The van der Waals surface area contributed by atoms with Crippen molar-refractivity contribution in [3.63, 3.8) is 0 Å². The SMILES string of the molecule is O=C(Nc1ccc(=O)[nH]n1)c1ccc(Cl)c(Br)c1. The zero-order valence-electron chi connectivity index (χ0n) is 8.91. The van der Waals surface area contributed by atoms with Crippen LogP contribution >= 0.6 is 27.5 Å². The molecule has 0 aliphatic heterocycles. The van der Waals surface area contributed by atoms with Crippen LogP contribution in [-0.2, 0) is 0 Å². The van der Waals surface area contributed by atoms with E-state index in [1.165, 1.54) is 12.1 Å². The van der Waals surface area contributed by atoms with Crippen LogP contribution < -0.4 is 10.9 Å². The van der Waals surface area contributed by atoms with Gasteiger partial charge in [0, 0.05) is 16.1 Å². The van der Waals surface area contributed by atoms with Crippen molar-refractivity contribution in [3.05, 3.63) is 55.7 Å². The van der Waals surface area contributed by atoms with Gasteiger partial charge in [0.15, 0.2) is 5.82 Å². The second-order valence-corrected chi connectivity index (χ2v) is 4.65. The van der Waals surface area contributed by atoms with Gasteiger partial charge in [-0.15, -0.1) is 0 Å². The van der Waals surface area contributed by atoms with Crippen molar-refractivity contribution in [2.24, 2.45) is 0 Å². The highest BCUT2D eigenvalue weighted by Crippen LogP contribution is 2.23. The van der Waals surface area contributed by atoms with Gasteiger partial charge in [-0.1, -0.05) is 11.6 Å². The first-order valence-electron chi connectivity index (χ1n) is 4.88. The molecular weight excluding hydrogens is 321 g/mol. The summed E-state index contributed by atoms with van der Waals surface area (Å²) in [6.07, 6.45) is 0. The Morgan fingerprint density at radius 2 is 2.11 bits per heavy atom. The molecule has 0 saturated heterocycles. The number of nitrogens with zero attached hydrogens (tertiary/aromatic N) is 1. The monoisotopic (exact) mass is 327 g/mol. The number of aromatic amines is 1. The molecule has 7 heteroatoms. The van der Waals surface area contributed by atoms with Gasteiger partial charge in [-0.3, -0.25) is 9.59 Å². The van der Waals surface area contributed by atoms with Crippen LogP contribution in [0.25, 0.3) is 0 Å². The Kier molecular flexibility index (Phi) is 3.78. The first kappa shape index (κ1) is 12.8. The molecule has 0 unspecified atom stereocenters. The van der Waals surface area contributed by atoms with Crippen molar-refractivity contribution >= 4 is 39.3 Å². The van der Waals surface area contributed by atoms with E-state index in [4.69, 9.17) is 11.6 Å². The number of hydrogen-bond donors (Lipinski definition) is 2. The quantitative estimate of drug-likeness (QED) is 0.889. The van der Waals surface area contributed by atoms with Gasteiger partial charge < -0.3 is 5.32 Å². The number of rotatable bonds is 2. The van der Waals surface area contributed by atoms with E-state index in [-0.39, 0.29) is 17.3 Å². The highest BCUT2D eigenvalue weighted by Gasteiger charge is 2.08. The van der Waals surface area contributed by atoms with Crippen molar-refractivity contribution in [1.82, 2.24) is 10.2 Å². The van der Waals surface area contributed by atoms with Gasteiger partial charge in [-0.05, 0) is 40.2 Å². The van der Waals surface area contributed by atoms with Crippen LogP contribution in [0.1, 0.15) is 10.4 Å². The summed E-state index contributed by atoms with van der Waals surface area (Å²) in [5, 5.41) is 8.97. The van der Waals surface area contributed by atoms with Crippen molar-refractivity contribution in [2.45, 2.75) is 0 Å². The van der Waals surface area contributed by atoms with Crippen LogP contribution in [-0.4, -0.2) is 16.1 Å². The molecule has 1 aromatic carbocycles. The molecule has 0 aliphatic rings. The summed E-state index contributed by atoms with van der Waals surface area (Å²) in [6.45, 7) is 0. The molecule has 0 bridgehead atoms. The first-order valence-corrected chi connectivity index (χ1v) is 6.05. The van der Waals surface area contributed by atoms with Crippen LogP contribution in [0.15, 0.2) is 39.6 Å². The topological polar surface area (TPSA) is 74.8 Å². The van der Waals surface area contributed by atoms with Gasteiger partial charge in [-0.2, -0.15) is 5.10 Å². The van der Waals surface area contributed by atoms with Gasteiger partial charge in [0.05, 0.1) is 5.02 Å². The molecule has 0 aliphatic carbocycles. The molecule has 1 aromatic heterocycles. The maximum Gasteiger partial charge on any atom is 0.264 e. The number of amides is 1. The minimum absolute atomic E-state index is 0.269. The third-order valence-electron chi connectivity index (χ3n) is 2.10. The largest absolute Gasteiger partial charge is 0.305 e. The molecule has 18 heavy (non-hydrogen) atoms. The van der Waals surface area contributed by atoms with E-state index in [0.717, 1.165) is 0 Å².